The lowest BCUT2D eigenvalue weighted by Gasteiger charge is -2.15. The number of hydrogen-bond acceptors (Lipinski definition) is 4. The fourth-order valence-corrected chi connectivity index (χ4v) is 3.58. The standard InChI is InChI=1S/C19H23BrN2O3S/c1-13(22-19(24)16-9-10-17(20)26-16)18(23)21-11-6-12-25-14(2)15-7-4-3-5-8-15/h3-5,7-10,13-14H,6,11-12H2,1-2H3,(H,21,23)(H,22,24). The molecular weight excluding hydrogens is 416 g/mol. The zero-order valence-electron chi connectivity index (χ0n) is 14.8. The Bertz CT molecular complexity index is 721. The summed E-state index contributed by atoms with van der Waals surface area (Å²) in [5.41, 5.74) is 1.13. The van der Waals surface area contributed by atoms with Crippen LogP contribution in [0, 0.1) is 0 Å². The summed E-state index contributed by atoms with van der Waals surface area (Å²) in [4.78, 5) is 24.7. The Morgan fingerprint density at radius 2 is 1.88 bits per heavy atom. The second-order valence-corrected chi connectivity index (χ2v) is 8.33. The molecule has 0 spiro atoms. The molecule has 0 bridgehead atoms. The third-order valence-corrected chi connectivity index (χ3v) is 5.42. The molecule has 0 radical (unpaired) electrons. The number of benzene rings is 1. The van der Waals surface area contributed by atoms with Gasteiger partial charge < -0.3 is 15.4 Å². The summed E-state index contributed by atoms with van der Waals surface area (Å²) in [6.45, 7) is 4.74. The first-order valence-corrected chi connectivity index (χ1v) is 10.1. The molecule has 2 amide bonds. The molecular formula is C19H23BrN2O3S. The summed E-state index contributed by atoms with van der Waals surface area (Å²) in [6.07, 6.45) is 0.733. The molecule has 0 saturated carbocycles. The number of thiophene rings is 1. The Morgan fingerprint density at radius 3 is 2.54 bits per heavy atom. The maximum atomic E-state index is 12.1. The van der Waals surface area contributed by atoms with Gasteiger partial charge in [0.1, 0.15) is 6.04 Å². The molecule has 1 heterocycles. The molecule has 0 aliphatic rings. The number of halogens is 1. The van der Waals surface area contributed by atoms with E-state index in [9.17, 15) is 9.59 Å². The maximum absolute atomic E-state index is 12.1. The highest BCUT2D eigenvalue weighted by Crippen LogP contribution is 2.21. The predicted molar refractivity (Wildman–Crippen MR) is 107 cm³/mol. The van der Waals surface area contributed by atoms with Gasteiger partial charge in [0.15, 0.2) is 0 Å². The van der Waals surface area contributed by atoms with Gasteiger partial charge in [0.2, 0.25) is 5.91 Å². The maximum Gasteiger partial charge on any atom is 0.262 e. The van der Waals surface area contributed by atoms with Gasteiger partial charge in [-0.2, -0.15) is 0 Å². The van der Waals surface area contributed by atoms with Crippen LogP contribution < -0.4 is 10.6 Å². The fraction of sp³-hybridized carbons (Fsp3) is 0.368. The molecule has 2 rings (SSSR count). The van der Waals surface area contributed by atoms with E-state index in [1.807, 2.05) is 37.3 Å². The fourth-order valence-electron chi connectivity index (χ4n) is 2.29. The van der Waals surface area contributed by atoms with Gasteiger partial charge in [-0.25, -0.2) is 0 Å². The molecule has 7 heteroatoms. The van der Waals surface area contributed by atoms with E-state index in [2.05, 4.69) is 26.6 Å². The number of carbonyl (C=O) groups is 2. The normalized spacial score (nSPS) is 13.0. The van der Waals surface area contributed by atoms with Gasteiger partial charge in [0.25, 0.3) is 5.91 Å². The Balaban J connectivity index is 1.63. The third-order valence-electron chi connectivity index (χ3n) is 3.80. The second kappa shape index (κ2) is 10.4. The molecule has 0 aliphatic heterocycles. The molecule has 1 aromatic carbocycles. The molecule has 140 valence electrons. The Kier molecular flexibility index (Phi) is 8.28. The van der Waals surface area contributed by atoms with Crippen molar-refractivity contribution in [1.82, 2.24) is 10.6 Å². The van der Waals surface area contributed by atoms with E-state index in [0.717, 1.165) is 9.35 Å². The van der Waals surface area contributed by atoms with Crippen molar-refractivity contribution in [3.8, 4) is 0 Å². The first kappa shape index (κ1) is 20.6. The zero-order chi connectivity index (χ0) is 18.9. The van der Waals surface area contributed by atoms with Gasteiger partial charge in [-0.3, -0.25) is 9.59 Å². The summed E-state index contributed by atoms with van der Waals surface area (Å²) in [6, 6.07) is 12.9. The first-order valence-electron chi connectivity index (χ1n) is 8.48. The molecule has 5 nitrogen and oxygen atoms in total. The number of carbonyl (C=O) groups excluding carboxylic acids is 2. The third kappa shape index (κ3) is 6.55. The average molecular weight is 439 g/mol. The molecule has 2 N–H and O–H groups in total. The van der Waals surface area contributed by atoms with E-state index in [0.29, 0.717) is 24.4 Å². The van der Waals surface area contributed by atoms with Crippen LogP contribution in [0.1, 0.15) is 41.6 Å². The quantitative estimate of drug-likeness (QED) is 0.583. The number of amides is 2. The highest BCUT2D eigenvalue weighted by atomic mass is 79.9. The summed E-state index contributed by atoms with van der Waals surface area (Å²) in [5, 5.41) is 5.52. The van der Waals surface area contributed by atoms with Crippen molar-refractivity contribution in [2.45, 2.75) is 32.4 Å². The van der Waals surface area contributed by atoms with Crippen molar-refractivity contribution in [2.24, 2.45) is 0 Å². The zero-order valence-corrected chi connectivity index (χ0v) is 17.2. The Morgan fingerprint density at radius 1 is 1.15 bits per heavy atom. The summed E-state index contributed by atoms with van der Waals surface area (Å²) >= 11 is 4.65. The van der Waals surface area contributed by atoms with Gasteiger partial charge in [-0.1, -0.05) is 30.3 Å². The second-order valence-electron chi connectivity index (χ2n) is 5.87. The first-order chi connectivity index (χ1) is 12.5. The van der Waals surface area contributed by atoms with Crippen LogP contribution in [0.25, 0.3) is 0 Å². The molecule has 0 fully saturated rings. The smallest absolute Gasteiger partial charge is 0.262 e. The highest BCUT2D eigenvalue weighted by Gasteiger charge is 2.17. The van der Waals surface area contributed by atoms with Gasteiger partial charge in [0, 0.05) is 13.2 Å². The van der Waals surface area contributed by atoms with Crippen molar-refractivity contribution in [3.05, 3.63) is 56.7 Å². The molecule has 1 aromatic heterocycles. The van der Waals surface area contributed by atoms with Crippen LogP contribution in [0.5, 0.6) is 0 Å². The summed E-state index contributed by atoms with van der Waals surface area (Å²) in [5.74, 6) is -0.451. The van der Waals surface area contributed by atoms with Crippen LogP contribution in [-0.4, -0.2) is 31.0 Å². The van der Waals surface area contributed by atoms with Gasteiger partial charge in [0.05, 0.1) is 14.8 Å². The number of rotatable bonds is 9. The van der Waals surface area contributed by atoms with Crippen molar-refractivity contribution < 1.29 is 14.3 Å². The summed E-state index contributed by atoms with van der Waals surface area (Å²) < 4.78 is 6.65. The predicted octanol–water partition coefficient (Wildman–Crippen LogP) is 3.91. The minimum Gasteiger partial charge on any atom is -0.374 e. The monoisotopic (exact) mass is 438 g/mol. The van der Waals surface area contributed by atoms with Crippen LogP contribution in [-0.2, 0) is 9.53 Å². The van der Waals surface area contributed by atoms with Crippen LogP contribution in [0.3, 0.4) is 0 Å². The topological polar surface area (TPSA) is 67.4 Å². The molecule has 26 heavy (non-hydrogen) atoms. The SMILES string of the molecule is CC(NC(=O)c1ccc(Br)s1)C(=O)NCCCOC(C)c1ccccc1. The van der Waals surface area contributed by atoms with Crippen LogP contribution in [0.15, 0.2) is 46.3 Å². The summed E-state index contributed by atoms with van der Waals surface area (Å²) in [7, 11) is 0. The number of nitrogens with one attached hydrogen (secondary N) is 2. The molecule has 2 atom stereocenters. The average Bonchev–Trinajstić information content (AvgIpc) is 3.08. The van der Waals surface area contributed by atoms with Gasteiger partial charge >= 0.3 is 0 Å². The van der Waals surface area contributed by atoms with E-state index in [-0.39, 0.29) is 17.9 Å². The molecule has 2 unspecified atom stereocenters. The van der Waals surface area contributed by atoms with E-state index >= 15 is 0 Å². The van der Waals surface area contributed by atoms with E-state index < -0.39 is 6.04 Å². The lowest BCUT2D eigenvalue weighted by Crippen LogP contribution is -2.45. The lowest BCUT2D eigenvalue weighted by atomic mass is 10.1. The number of hydrogen-bond donors (Lipinski definition) is 2. The van der Waals surface area contributed by atoms with Gasteiger partial charge in [-0.15, -0.1) is 11.3 Å². The molecule has 2 aromatic rings. The minimum atomic E-state index is -0.590. The van der Waals surface area contributed by atoms with Crippen molar-refractivity contribution in [3.63, 3.8) is 0 Å². The number of ether oxygens (including phenoxy) is 1. The Labute approximate surface area is 166 Å². The Hall–Kier alpha value is -1.70. The largest absolute Gasteiger partial charge is 0.374 e. The van der Waals surface area contributed by atoms with E-state index in [1.165, 1.54) is 11.3 Å². The van der Waals surface area contributed by atoms with E-state index in [1.54, 1.807) is 19.1 Å². The van der Waals surface area contributed by atoms with Crippen LogP contribution in [0.4, 0.5) is 0 Å². The highest BCUT2D eigenvalue weighted by molar-refractivity contribution is 9.11. The molecule has 0 aliphatic carbocycles. The van der Waals surface area contributed by atoms with Crippen LogP contribution >= 0.6 is 27.3 Å². The van der Waals surface area contributed by atoms with Crippen molar-refractivity contribution in [1.29, 1.82) is 0 Å². The van der Waals surface area contributed by atoms with E-state index in [4.69, 9.17) is 4.74 Å². The minimum absolute atomic E-state index is 0.0234. The van der Waals surface area contributed by atoms with Crippen LogP contribution in [0.2, 0.25) is 0 Å². The van der Waals surface area contributed by atoms with Gasteiger partial charge in [-0.05, 0) is 53.9 Å². The lowest BCUT2D eigenvalue weighted by molar-refractivity contribution is -0.122. The van der Waals surface area contributed by atoms with Crippen molar-refractivity contribution in [2.75, 3.05) is 13.2 Å². The van der Waals surface area contributed by atoms with Crippen molar-refractivity contribution >= 4 is 39.1 Å². The molecule has 0 saturated heterocycles.